The van der Waals surface area contributed by atoms with Crippen LogP contribution in [0, 0.1) is 11.7 Å². The molecule has 17 heavy (non-hydrogen) atoms. The van der Waals surface area contributed by atoms with Gasteiger partial charge in [-0.3, -0.25) is 9.69 Å². The van der Waals surface area contributed by atoms with Gasteiger partial charge in [0.25, 0.3) is 0 Å². The third-order valence-corrected chi connectivity index (χ3v) is 3.47. The Morgan fingerprint density at radius 2 is 2.29 bits per heavy atom. The van der Waals surface area contributed by atoms with E-state index in [2.05, 4.69) is 4.90 Å². The van der Waals surface area contributed by atoms with Crippen LogP contribution in [0.3, 0.4) is 0 Å². The lowest BCUT2D eigenvalue weighted by atomic mass is 9.98. The molecule has 0 aromatic heterocycles. The van der Waals surface area contributed by atoms with E-state index in [1.807, 2.05) is 6.92 Å². The number of carbonyl (C=O) groups excluding carboxylic acids is 1. The normalized spacial score (nSPS) is 21.8. The molecular weight excluding hydrogens is 241 g/mol. The fourth-order valence-corrected chi connectivity index (χ4v) is 2.34. The minimum Gasteiger partial charge on any atom is -0.299 e. The first-order valence-electron chi connectivity index (χ1n) is 5.76. The molecule has 1 aromatic rings. The van der Waals surface area contributed by atoms with Gasteiger partial charge in [-0.15, -0.1) is 0 Å². The van der Waals surface area contributed by atoms with Crippen molar-refractivity contribution in [1.29, 1.82) is 0 Å². The number of rotatable bonds is 2. The van der Waals surface area contributed by atoms with E-state index in [1.165, 1.54) is 0 Å². The summed E-state index contributed by atoms with van der Waals surface area (Å²) in [5, 5.41) is 0.156. The van der Waals surface area contributed by atoms with Crippen LogP contribution in [0.5, 0.6) is 0 Å². The molecular formula is C13H15ClFNO. The van der Waals surface area contributed by atoms with E-state index in [4.69, 9.17) is 11.6 Å². The highest BCUT2D eigenvalue weighted by molar-refractivity contribution is 6.30. The first-order valence-corrected chi connectivity index (χ1v) is 6.13. The van der Waals surface area contributed by atoms with Crippen LogP contribution in [0.4, 0.5) is 4.39 Å². The monoisotopic (exact) mass is 255 g/mol. The maximum atomic E-state index is 13.7. The molecule has 1 saturated heterocycles. The number of piperidine rings is 1. The van der Waals surface area contributed by atoms with Gasteiger partial charge in [0.2, 0.25) is 0 Å². The standard InChI is InChI=1S/C13H15ClFNO/c1-9-7-16(6-5-12(9)17)8-10-3-2-4-11(14)13(10)15/h2-4,9H,5-8H2,1H3. The van der Waals surface area contributed by atoms with Crippen LogP contribution in [-0.2, 0) is 11.3 Å². The van der Waals surface area contributed by atoms with Crippen LogP contribution in [0.2, 0.25) is 5.02 Å². The number of benzene rings is 1. The van der Waals surface area contributed by atoms with Crippen LogP contribution in [0.1, 0.15) is 18.9 Å². The number of carbonyl (C=O) groups is 1. The Morgan fingerprint density at radius 1 is 1.53 bits per heavy atom. The van der Waals surface area contributed by atoms with E-state index in [0.717, 1.165) is 0 Å². The third-order valence-electron chi connectivity index (χ3n) is 3.18. The number of hydrogen-bond donors (Lipinski definition) is 0. The second-order valence-electron chi connectivity index (χ2n) is 4.57. The summed E-state index contributed by atoms with van der Waals surface area (Å²) in [5.74, 6) is -0.00229. The Balaban J connectivity index is 2.06. The molecule has 1 aliphatic heterocycles. The topological polar surface area (TPSA) is 20.3 Å². The van der Waals surface area contributed by atoms with Gasteiger partial charge in [0.15, 0.2) is 0 Å². The third kappa shape index (κ3) is 2.85. The smallest absolute Gasteiger partial charge is 0.146 e. The van der Waals surface area contributed by atoms with Crippen LogP contribution in [0.25, 0.3) is 0 Å². The van der Waals surface area contributed by atoms with E-state index < -0.39 is 0 Å². The first-order chi connectivity index (χ1) is 8.08. The molecule has 0 aliphatic carbocycles. The van der Waals surface area contributed by atoms with Gasteiger partial charge in [-0.25, -0.2) is 4.39 Å². The van der Waals surface area contributed by atoms with Crippen LogP contribution >= 0.6 is 11.6 Å². The molecule has 0 N–H and O–H groups in total. The van der Waals surface area contributed by atoms with E-state index in [1.54, 1.807) is 18.2 Å². The van der Waals surface area contributed by atoms with Gasteiger partial charge in [0.1, 0.15) is 11.6 Å². The molecule has 1 atom stereocenters. The lowest BCUT2D eigenvalue weighted by Crippen LogP contribution is -2.39. The predicted molar refractivity (Wildman–Crippen MR) is 65.5 cm³/mol. The average molecular weight is 256 g/mol. The van der Waals surface area contributed by atoms with Gasteiger partial charge in [-0.1, -0.05) is 30.7 Å². The Kier molecular flexibility index (Phi) is 3.79. The summed E-state index contributed by atoms with van der Waals surface area (Å²) in [6.45, 7) is 3.84. The highest BCUT2D eigenvalue weighted by Crippen LogP contribution is 2.21. The SMILES string of the molecule is CC1CN(Cc2cccc(Cl)c2F)CCC1=O. The molecule has 1 unspecified atom stereocenters. The van der Waals surface area contributed by atoms with E-state index in [9.17, 15) is 9.18 Å². The highest BCUT2D eigenvalue weighted by Gasteiger charge is 2.24. The van der Waals surface area contributed by atoms with Crippen LogP contribution < -0.4 is 0 Å². The summed E-state index contributed by atoms with van der Waals surface area (Å²) in [4.78, 5) is 13.5. The Morgan fingerprint density at radius 3 is 3.00 bits per heavy atom. The molecule has 92 valence electrons. The molecule has 2 rings (SSSR count). The molecule has 0 bridgehead atoms. The van der Waals surface area contributed by atoms with Gasteiger partial charge >= 0.3 is 0 Å². The average Bonchev–Trinajstić information content (AvgIpc) is 2.30. The second kappa shape index (κ2) is 5.15. The van der Waals surface area contributed by atoms with Crippen molar-refractivity contribution in [1.82, 2.24) is 4.90 Å². The number of likely N-dealkylation sites (tertiary alicyclic amines) is 1. The lowest BCUT2D eigenvalue weighted by molar-refractivity contribution is -0.125. The number of ketones is 1. The van der Waals surface area contributed by atoms with Crippen molar-refractivity contribution in [2.75, 3.05) is 13.1 Å². The Bertz CT molecular complexity index is 435. The summed E-state index contributed by atoms with van der Waals surface area (Å²) in [5.41, 5.74) is 0.596. The van der Waals surface area contributed by atoms with Gasteiger partial charge in [0.05, 0.1) is 5.02 Å². The molecule has 1 fully saturated rings. The fourth-order valence-electron chi connectivity index (χ4n) is 2.15. The summed E-state index contributed by atoms with van der Waals surface area (Å²) < 4.78 is 13.7. The van der Waals surface area contributed by atoms with Gasteiger partial charge in [-0.2, -0.15) is 0 Å². The fraction of sp³-hybridized carbons (Fsp3) is 0.462. The molecule has 1 aromatic carbocycles. The van der Waals surface area contributed by atoms with Crippen molar-refractivity contribution in [2.45, 2.75) is 19.9 Å². The van der Waals surface area contributed by atoms with Crippen molar-refractivity contribution in [2.24, 2.45) is 5.92 Å². The van der Waals surface area contributed by atoms with Crippen molar-refractivity contribution < 1.29 is 9.18 Å². The van der Waals surface area contributed by atoms with E-state index in [-0.39, 0.29) is 16.8 Å². The number of hydrogen-bond acceptors (Lipinski definition) is 2. The van der Waals surface area contributed by atoms with Crippen molar-refractivity contribution in [3.63, 3.8) is 0 Å². The zero-order chi connectivity index (χ0) is 12.4. The first kappa shape index (κ1) is 12.5. The highest BCUT2D eigenvalue weighted by atomic mass is 35.5. The molecule has 0 spiro atoms. The Hall–Kier alpha value is -0.930. The summed E-state index contributed by atoms with van der Waals surface area (Å²) in [7, 11) is 0. The van der Waals surface area contributed by atoms with Crippen LogP contribution in [0.15, 0.2) is 18.2 Å². The summed E-state index contributed by atoms with van der Waals surface area (Å²) >= 11 is 5.74. The minimum absolute atomic E-state index is 0.0472. The van der Waals surface area contributed by atoms with E-state index in [0.29, 0.717) is 37.4 Å². The largest absolute Gasteiger partial charge is 0.299 e. The van der Waals surface area contributed by atoms with Crippen molar-refractivity contribution >= 4 is 17.4 Å². The maximum absolute atomic E-state index is 13.7. The Labute approximate surface area is 105 Å². The summed E-state index contributed by atoms with van der Waals surface area (Å²) in [6.07, 6.45) is 0.559. The van der Waals surface area contributed by atoms with Crippen LogP contribution in [-0.4, -0.2) is 23.8 Å². The van der Waals surface area contributed by atoms with Crippen molar-refractivity contribution in [3.8, 4) is 0 Å². The number of halogens is 2. The second-order valence-corrected chi connectivity index (χ2v) is 4.97. The minimum atomic E-state index is -0.348. The molecule has 1 aliphatic rings. The molecule has 4 heteroatoms. The zero-order valence-electron chi connectivity index (χ0n) is 9.75. The number of Topliss-reactive ketones (excluding diaryl/α,β-unsaturated/α-hetero) is 1. The van der Waals surface area contributed by atoms with Gasteiger partial charge < -0.3 is 0 Å². The molecule has 0 amide bonds. The number of nitrogens with zero attached hydrogens (tertiary/aromatic N) is 1. The van der Waals surface area contributed by atoms with Crippen molar-refractivity contribution in [3.05, 3.63) is 34.6 Å². The van der Waals surface area contributed by atoms with Gasteiger partial charge in [-0.05, 0) is 6.07 Å². The molecule has 1 heterocycles. The molecule has 2 nitrogen and oxygen atoms in total. The lowest BCUT2D eigenvalue weighted by Gasteiger charge is -2.30. The van der Waals surface area contributed by atoms with E-state index >= 15 is 0 Å². The predicted octanol–water partition coefficient (Wildman–Crippen LogP) is 2.89. The summed E-state index contributed by atoms with van der Waals surface area (Å²) in [6, 6.07) is 5.03. The molecule has 0 radical (unpaired) electrons. The maximum Gasteiger partial charge on any atom is 0.146 e. The zero-order valence-corrected chi connectivity index (χ0v) is 10.5. The van der Waals surface area contributed by atoms with Gasteiger partial charge in [0, 0.05) is 37.5 Å². The molecule has 0 saturated carbocycles. The quantitative estimate of drug-likeness (QED) is 0.810.